The number of hydrogen-bond acceptors (Lipinski definition) is 3. The Labute approximate surface area is 135 Å². The van der Waals surface area contributed by atoms with E-state index in [1.165, 1.54) is 18.4 Å². The number of nitrogens with one attached hydrogen (secondary N) is 1. The van der Waals surface area contributed by atoms with Crippen LogP contribution >= 0.6 is 0 Å². The van der Waals surface area contributed by atoms with Crippen molar-refractivity contribution in [1.29, 1.82) is 0 Å². The van der Waals surface area contributed by atoms with Gasteiger partial charge in [0, 0.05) is 43.1 Å². The van der Waals surface area contributed by atoms with E-state index < -0.39 is 6.10 Å². The number of nitrogens with zero attached hydrogens (tertiary/aromatic N) is 2. The molecular weight excluding hydrogens is 290 g/mol. The lowest BCUT2D eigenvalue weighted by molar-refractivity contribution is -0.141. The van der Waals surface area contributed by atoms with Crippen LogP contribution in [-0.2, 0) is 24.2 Å². The highest BCUT2D eigenvalue weighted by molar-refractivity contribution is 5.81. The third kappa shape index (κ3) is 2.88. The molecule has 1 aliphatic carbocycles. The average Bonchev–Trinajstić information content (AvgIpc) is 3.34. The number of fused-ring (bicyclic) bond motifs is 1. The van der Waals surface area contributed by atoms with Crippen molar-refractivity contribution in [2.75, 3.05) is 6.54 Å². The number of aromatic nitrogens is 2. The topological polar surface area (TPSA) is 69.2 Å². The van der Waals surface area contributed by atoms with Crippen molar-refractivity contribution in [2.24, 2.45) is 0 Å². The smallest absolute Gasteiger partial charge is 0.252 e. The number of hydrogen-bond donors (Lipinski definition) is 2. The Morgan fingerprint density at radius 1 is 1.35 bits per heavy atom. The van der Waals surface area contributed by atoms with Gasteiger partial charge in [-0.3, -0.25) is 9.89 Å². The molecular formula is C18H21N3O2. The number of H-pyrrole nitrogens is 1. The van der Waals surface area contributed by atoms with Crippen molar-refractivity contribution in [3.63, 3.8) is 0 Å². The first-order chi connectivity index (χ1) is 11.2. The van der Waals surface area contributed by atoms with Crippen molar-refractivity contribution in [1.82, 2.24) is 15.1 Å². The number of rotatable bonds is 4. The third-order valence-electron chi connectivity index (χ3n) is 4.80. The summed E-state index contributed by atoms with van der Waals surface area (Å²) in [5, 5.41) is 17.9. The van der Waals surface area contributed by atoms with Crippen LogP contribution in [0.25, 0.3) is 0 Å². The highest BCUT2D eigenvalue weighted by atomic mass is 16.3. The quantitative estimate of drug-likeness (QED) is 0.904. The van der Waals surface area contributed by atoms with Crippen molar-refractivity contribution < 1.29 is 9.90 Å². The molecule has 23 heavy (non-hydrogen) atoms. The van der Waals surface area contributed by atoms with Crippen molar-refractivity contribution in [3.8, 4) is 0 Å². The van der Waals surface area contributed by atoms with E-state index in [1.54, 1.807) is 4.90 Å². The number of aliphatic hydroxyl groups excluding tert-OH is 1. The van der Waals surface area contributed by atoms with Gasteiger partial charge in [0.15, 0.2) is 0 Å². The first-order valence-electron chi connectivity index (χ1n) is 8.29. The van der Waals surface area contributed by atoms with E-state index in [2.05, 4.69) is 10.2 Å². The first-order valence-corrected chi connectivity index (χ1v) is 8.29. The Kier molecular flexibility index (Phi) is 3.65. The number of benzene rings is 1. The van der Waals surface area contributed by atoms with Crippen LogP contribution in [-0.4, -0.2) is 38.8 Å². The van der Waals surface area contributed by atoms with Gasteiger partial charge < -0.3 is 10.0 Å². The van der Waals surface area contributed by atoms with Gasteiger partial charge in [-0.2, -0.15) is 5.10 Å². The fraction of sp³-hybridized carbons (Fsp3) is 0.444. The molecule has 5 nitrogen and oxygen atoms in total. The predicted molar refractivity (Wildman–Crippen MR) is 85.8 cm³/mol. The number of carbonyl (C=O) groups excluding carboxylic acids is 1. The molecule has 0 saturated heterocycles. The fourth-order valence-electron chi connectivity index (χ4n) is 3.34. The summed E-state index contributed by atoms with van der Waals surface area (Å²) in [6.45, 7) is 1.21. The molecule has 1 aromatic carbocycles. The highest BCUT2D eigenvalue weighted by Crippen LogP contribution is 2.42. The minimum absolute atomic E-state index is 0.178. The molecule has 5 heteroatoms. The largest absolute Gasteiger partial charge is 0.383 e. The second kappa shape index (κ2) is 5.81. The molecule has 2 aromatic rings. The summed E-state index contributed by atoms with van der Waals surface area (Å²) in [6, 6.07) is 9.65. The SMILES string of the molecule is O=C([C@@H](O)Cc1ccccc1)N1CCc2[nH]nc(C3CC3)c2C1. The molecule has 1 aliphatic heterocycles. The van der Waals surface area contributed by atoms with Gasteiger partial charge >= 0.3 is 0 Å². The number of aliphatic hydroxyl groups is 1. The first kappa shape index (κ1) is 14.5. The maximum Gasteiger partial charge on any atom is 0.252 e. The van der Waals surface area contributed by atoms with Crippen LogP contribution in [0.1, 0.15) is 41.3 Å². The van der Waals surface area contributed by atoms with Gasteiger partial charge in [-0.25, -0.2) is 0 Å². The molecule has 0 radical (unpaired) electrons. The van der Waals surface area contributed by atoms with E-state index in [9.17, 15) is 9.90 Å². The molecule has 0 spiro atoms. The zero-order chi connectivity index (χ0) is 15.8. The fourth-order valence-corrected chi connectivity index (χ4v) is 3.34. The molecule has 2 aliphatic rings. The summed E-state index contributed by atoms with van der Waals surface area (Å²) >= 11 is 0. The summed E-state index contributed by atoms with van der Waals surface area (Å²) in [5.41, 5.74) is 4.45. The van der Waals surface area contributed by atoms with Crippen LogP contribution in [0, 0.1) is 0 Å². The summed E-state index contributed by atoms with van der Waals surface area (Å²) in [6.07, 6.45) is 2.57. The second-order valence-electron chi connectivity index (χ2n) is 6.56. The zero-order valence-corrected chi connectivity index (χ0v) is 13.0. The van der Waals surface area contributed by atoms with E-state index in [0.29, 0.717) is 25.4 Å². The van der Waals surface area contributed by atoms with E-state index >= 15 is 0 Å². The summed E-state index contributed by atoms with van der Waals surface area (Å²) < 4.78 is 0. The van der Waals surface area contributed by atoms with Gasteiger partial charge in [0.05, 0.1) is 5.69 Å². The molecule has 0 unspecified atom stereocenters. The van der Waals surface area contributed by atoms with Crippen LogP contribution in [0.5, 0.6) is 0 Å². The molecule has 2 N–H and O–H groups in total. The standard InChI is InChI=1S/C18H21N3O2/c22-16(10-12-4-2-1-3-5-12)18(23)21-9-8-15-14(11-21)17(20-19-15)13-6-7-13/h1-5,13,16,22H,6-11H2,(H,19,20)/t16-/m0/s1. The van der Waals surface area contributed by atoms with Gasteiger partial charge in [0.1, 0.15) is 6.10 Å². The van der Waals surface area contributed by atoms with Crippen LogP contribution in [0.3, 0.4) is 0 Å². The molecule has 1 atom stereocenters. The van der Waals surface area contributed by atoms with Crippen LogP contribution in [0.2, 0.25) is 0 Å². The zero-order valence-electron chi connectivity index (χ0n) is 13.0. The average molecular weight is 311 g/mol. The molecule has 1 amide bonds. The third-order valence-corrected chi connectivity index (χ3v) is 4.80. The lowest BCUT2D eigenvalue weighted by Crippen LogP contribution is -2.43. The summed E-state index contributed by atoms with van der Waals surface area (Å²) in [7, 11) is 0. The second-order valence-corrected chi connectivity index (χ2v) is 6.56. The Balaban J connectivity index is 1.45. The normalized spacial score (nSPS) is 18.6. The molecule has 1 fully saturated rings. The van der Waals surface area contributed by atoms with E-state index in [0.717, 1.165) is 23.4 Å². The molecule has 4 rings (SSSR count). The maximum absolute atomic E-state index is 12.6. The van der Waals surface area contributed by atoms with Crippen molar-refractivity contribution in [3.05, 3.63) is 52.8 Å². The van der Waals surface area contributed by atoms with Crippen LogP contribution < -0.4 is 0 Å². The van der Waals surface area contributed by atoms with Crippen LogP contribution in [0.15, 0.2) is 30.3 Å². The molecule has 120 valence electrons. The molecule has 0 bridgehead atoms. The number of carbonyl (C=O) groups is 1. The van der Waals surface area contributed by atoms with Crippen molar-refractivity contribution >= 4 is 5.91 Å². The Bertz CT molecular complexity index is 706. The highest BCUT2D eigenvalue weighted by Gasteiger charge is 2.34. The Morgan fingerprint density at radius 2 is 2.13 bits per heavy atom. The molecule has 1 aromatic heterocycles. The van der Waals surface area contributed by atoms with Gasteiger partial charge in [0.2, 0.25) is 0 Å². The lowest BCUT2D eigenvalue weighted by atomic mass is 10.0. The Morgan fingerprint density at radius 3 is 2.87 bits per heavy atom. The number of aromatic amines is 1. The summed E-state index contributed by atoms with van der Waals surface area (Å²) in [4.78, 5) is 14.4. The number of amides is 1. The van der Waals surface area contributed by atoms with Crippen molar-refractivity contribution in [2.45, 2.75) is 44.2 Å². The van der Waals surface area contributed by atoms with Crippen LogP contribution in [0.4, 0.5) is 0 Å². The van der Waals surface area contributed by atoms with Gasteiger partial charge in [0.25, 0.3) is 5.91 Å². The Hall–Kier alpha value is -2.14. The summed E-state index contributed by atoms with van der Waals surface area (Å²) in [5.74, 6) is 0.391. The van der Waals surface area contributed by atoms with E-state index in [-0.39, 0.29) is 5.91 Å². The van der Waals surface area contributed by atoms with E-state index in [1.807, 2.05) is 30.3 Å². The predicted octanol–water partition coefficient (Wildman–Crippen LogP) is 1.78. The van der Waals surface area contributed by atoms with Gasteiger partial charge in [-0.05, 0) is 18.4 Å². The minimum atomic E-state index is -0.977. The molecule has 1 saturated carbocycles. The van der Waals surface area contributed by atoms with Gasteiger partial charge in [-0.1, -0.05) is 30.3 Å². The maximum atomic E-state index is 12.6. The molecule has 2 heterocycles. The monoisotopic (exact) mass is 311 g/mol. The van der Waals surface area contributed by atoms with Gasteiger partial charge in [-0.15, -0.1) is 0 Å². The lowest BCUT2D eigenvalue weighted by Gasteiger charge is -2.29. The minimum Gasteiger partial charge on any atom is -0.383 e. The van der Waals surface area contributed by atoms with E-state index in [4.69, 9.17) is 0 Å².